The van der Waals surface area contributed by atoms with Crippen LogP contribution in [0.2, 0.25) is 5.02 Å². The van der Waals surface area contributed by atoms with Crippen molar-refractivity contribution < 1.29 is 26.3 Å². The Morgan fingerprint density at radius 1 is 1.11 bits per heavy atom. The van der Waals surface area contributed by atoms with Crippen molar-refractivity contribution in [3.63, 3.8) is 0 Å². The van der Waals surface area contributed by atoms with E-state index in [0.717, 1.165) is 17.7 Å². The van der Waals surface area contributed by atoms with Crippen LogP contribution in [0.3, 0.4) is 0 Å². The van der Waals surface area contributed by atoms with Crippen molar-refractivity contribution in [1.82, 2.24) is 0 Å². The van der Waals surface area contributed by atoms with Crippen LogP contribution in [0.4, 0.5) is 13.2 Å². The zero-order valence-electron chi connectivity index (χ0n) is 14.5. The number of rotatable bonds is 3. The minimum absolute atomic E-state index is 0.180. The van der Waals surface area contributed by atoms with Crippen LogP contribution in [0, 0.1) is 6.92 Å². The molecule has 1 aliphatic heterocycles. The van der Waals surface area contributed by atoms with Crippen molar-refractivity contribution in [2.75, 3.05) is 6.61 Å². The third kappa shape index (κ3) is 4.31. The van der Waals surface area contributed by atoms with Crippen LogP contribution in [-0.2, 0) is 20.8 Å². The summed E-state index contributed by atoms with van der Waals surface area (Å²) in [6.07, 6.45) is -4.62. The molecule has 1 heterocycles. The first kappa shape index (κ1) is 20.2. The third-order valence-electron chi connectivity index (χ3n) is 4.74. The molecule has 2 atom stereocenters. The van der Waals surface area contributed by atoms with E-state index < -0.39 is 32.9 Å². The molecule has 0 N–H and O–H groups in total. The SMILES string of the molecule is Cc1ccc(C(F)(F)F)cc1S(=O)(=O)[C@@H]1CCO[C@@H](c2ccc(Cl)cc2)C1. The van der Waals surface area contributed by atoms with E-state index in [1.807, 2.05) is 0 Å². The van der Waals surface area contributed by atoms with Crippen LogP contribution in [0.25, 0.3) is 0 Å². The van der Waals surface area contributed by atoms with E-state index in [1.165, 1.54) is 13.0 Å². The molecular formula is C19H18ClF3O3S. The fourth-order valence-corrected chi connectivity index (χ4v) is 5.35. The maximum absolute atomic E-state index is 13.1. The van der Waals surface area contributed by atoms with E-state index in [1.54, 1.807) is 24.3 Å². The molecule has 0 radical (unpaired) electrons. The Hall–Kier alpha value is -1.57. The molecule has 3 rings (SSSR count). The Kier molecular flexibility index (Phi) is 5.57. The minimum Gasteiger partial charge on any atom is -0.373 e. The number of alkyl halides is 3. The van der Waals surface area contributed by atoms with Crippen molar-refractivity contribution >= 4 is 21.4 Å². The monoisotopic (exact) mass is 418 g/mol. The van der Waals surface area contributed by atoms with Crippen LogP contribution < -0.4 is 0 Å². The maximum atomic E-state index is 13.1. The first-order valence-corrected chi connectivity index (χ1v) is 10.3. The molecule has 2 aromatic carbocycles. The van der Waals surface area contributed by atoms with E-state index in [4.69, 9.17) is 16.3 Å². The van der Waals surface area contributed by atoms with Gasteiger partial charge in [0.15, 0.2) is 9.84 Å². The molecule has 1 saturated heterocycles. The van der Waals surface area contributed by atoms with Gasteiger partial charge >= 0.3 is 6.18 Å². The van der Waals surface area contributed by atoms with Gasteiger partial charge in [0.25, 0.3) is 0 Å². The molecule has 0 unspecified atom stereocenters. The maximum Gasteiger partial charge on any atom is 0.416 e. The Bertz CT molecular complexity index is 924. The van der Waals surface area contributed by atoms with Gasteiger partial charge in [-0.25, -0.2) is 8.42 Å². The molecule has 0 bridgehead atoms. The van der Waals surface area contributed by atoms with Crippen molar-refractivity contribution in [2.24, 2.45) is 0 Å². The van der Waals surface area contributed by atoms with Crippen molar-refractivity contribution in [1.29, 1.82) is 0 Å². The minimum atomic E-state index is -4.60. The zero-order valence-corrected chi connectivity index (χ0v) is 16.0. The summed E-state index contributed by atoms with van der Waals surface area (Å²) in [6.45, 7) is 1.72. The number of halogens is 4. The zero-order chi connectivity index (χ0) is 19.8. The summed E-state index contributed by atoms with van der Waals surface area (Å²) in [6, 6.07) is 9.73. The fraction of sp³-hybridized carbons (Fsp3) is 0.368. The molecule has 0 aromatic heterocycles. The molecule has 0 saturated carbocycles. The second-order valence-corrected chi connectivity index (χ2v) is 9.21. The number of sulfone groups is 1. The number of aryl methyl sites for hydroxylation is 1. The van der Waals surface area contributed by atoms with Gasteiger partial charge in [-0.2, -0.15) is 13.2 Å². The molecule has 8 heteroatoms. The van der Waals surface area contributed by atoms with Crippen LogP contribution in [0.1, 0.15) is 35.6 Å². The Morgan fingerprint density at radius 2 is 1.78 bits per heavy atom. The molecule has 2 aromatic rings. The first-order chi connectivity index (χ1) is 12.6. The van der Waals surface area contributed by atoms with Gasteiger partial charge in [0.1, 0.15) is 0 Å². The highest BCUT2D eigenvalue weighted by Gasteiger charge is 2.37. The molecule has 1 fully saturated rings. The van der Waals surface area contributed by atoms with Crippen molar-refractivity contribution in [2.45, 2.75) is 42.2 Å². The summed E-state index contributed by atoms with van der Waals surface area (Å²) in [5.41, 5.74) is 0.130. The number of hydrogen-bond acceptors (Lipinski definition) is 3. The molecule has 0 spiro atoms. The highest BCUT2D eigenvalue weighted by molar-refractivity contribution is 7.92. The number of hydrogen-bond donors (Lipinski definition) is 0. The van der Waals surface area contributed by atoms with Gasteiger partial charge in [-0.05, 0) is 55.2 Å². The van der Waals surface area contributed by atoms with Gasteiger partial charge in [-0.15, -0.1) is 0 Å². The average Bonchev–Trinajstić information content (AvgIpc) is 2.61. The van der Waals surface area contributed by atoms with Crippen LogP contribution in [0.5, 0.6) is 0 Å². The lowest BCUT2D eigenvalue weighted by molar-refractivity contribution is -0.137. The topological polar surface area (TPSA) is 43.4 Å². The fourth-order valence-electron chi connectivity index (χ4n) is 3.22. The second-order valence-electron chi connectivity index (χ2n) is 6.58. The standard InChI is InChI=1S/C19H18ClF3O3S/c1-12-2-5-14(19(21,22)23)10-18(12)27(24,25)16-8-9-26-17(11-16)13-3-6-15(20)7-4-13/h2-7,10,16-17H,8-9,11H2,1H3/t16-,17-/m1/s1. The van der Waals surface area contributed by atoms with Gasteiger partial charge in [0, 0.05) is 11.6 Å². The van der Waals surface area contributed by atoms with Gasteiger partial charge in [-0.1, -0.05) is 29.8 Å². The molecule has 1 aliphatic rings. The second kappa shape index (κ2) is 7.45. The highest BCUT2D eigenvalue weighted by Crippen LogP contribution is 2.37. The molecule has 27 heavy (non-hydrogen) atoms. The van der Waals surface area contributed by atoms with Gasteiger partial charge in [-0.3, -0.25) is 0 Å². The van der Waals surface area contributed by atoms with Crippen LogP contribution in [-0.4, -0.2) is 20.3 Å². The molecule has 146 valence electrons. The summed E-state index contributed by atoms with van der Waals surface area (Å²) < 4.78 is 70.9. The van der Waals surface area contributed by atoms with Gasteiger partial charge in [0.05, 0.1) is 21.8 Å². The third-order valence-corrected chi connectivity index (χ3v) is 7.35. The van der Waals surface area contributed by atoms with Gasteiger partial charge < -0.3 is 4.74 Å². The molecule has 3 nitrogen and oxygen atoms in total. The predicted molar refractivity (Wildman–Crippen MR) is 96.5 cm³/mol. The quantitative estimate of drug-likeness (QED) is 0.673. The summed E-state index contributed by atoms with van der Waals surface area (Å²) in [5.74, 6) is 0. The summed E-state index contributed by atoms with van der Waals surface area (Å²) >= 11 is 5.87. The lowest BCUT2D eigenvalue weighted by Crippen LogP contribution is -2.31. The Labute approximate surface area is 161 Å². The summed E-state index contributed by atoms with van der Waals surface area (Å²) in [5, 5.41) is -0.257. The van der Waals surface area contributed by atoms with E-state index in [2.05, 4.69) is 0 Å². The lowest BCUT2D eigenvalue weighted by atomic mass is 10.0. The van der Waals surface area contributed by atoms with E-state index in [-0.39, 0.29) is 24.3 Å². The van der Waals surface area contributed by atoms with Crippen LogP contribution in [0.15, 0.2) is 47.4 Å². The van der Waals surface area contributed by atoms with Crippen molar-refractivity contribution in [3.8, 4) is 0 Å². The normalized spacial score (nSPS) is 21.2. The predicted octanol–water partition coefficient (Wildman–Crippen LogP) is 5.36. The number of benzene rings is 2. The largest absolute Gasteiger partial charge is 0.416 e. The molecule has 0 aliphatic carbocycles. The van der Waals surface area contributed by atoms with E-state index in [0.29, 0.717) is 10.6 Å². The van der Waals surface area contributed by atoms with Gasteiger partial charge in [0.2, 0.25) is 0 Å². The highest BCUT2D eigenvalue weighted by atomic mass is 35.5. The first-order valence-electron chi connectivity index (χ1n) is 8.38. The Balaban J connectivity index is 1.91. The number of ether oxygens (including phenoxy) is 1. The average molecular weight is 419 g/mol. The summed E-state index contributed by atoms with van der Waals surface area (Å²) in [7, 11) is -3.93. The smallest absolute Gasteiger partial charge is 0.373 e. The van der Waals surface area contributed by atoms with E-state index in [9.17, 15) is 21.6 Å². The molecular weight excluding hydrogens is 401 g/mol. The Morgan fingerprint density at radius 3 is 2.41 bits per heavy atom. The van der Waals surface area contributed by atoms with Crippen molar-refractivity contribution in [3.05, 3.63) is 64.2 Å². The molecule has 0 amide bonds. The summed E-state index contributed by atoms with van der Waals surface area (Å²) in [4.78, 5) is -0.265. The lowest BCUT2D eigenvalue weighted by Gasteiger charge is -2.30. The van der Waals surface area contributed by atoms with E-state index >= 15 is 0 Å². The van der Waals surface area contributed by atoms with Crippen LogP contribution >= 0.6 is 11.6 Å².